The van der Waals surface area contributed by atoms with Gasteiger partial charge < -0.3 is 14.2 Å². The molecule has 1 aromatic heterocycles. The third-order valence-electron chi connectivity index (χ3n) is 7.03. The number of ether oxygens (including phenoxy) is 3. The highest BCUT2D eigenvalue weighted by molar-refractivity contribution is 5.12. The van der Waals surface area contributed by atoms with Crippen LogP contribution in [-0.2, 0) is 9.47 Å². The van der Waals surface area contributed by atoms with Gasteiger partial charge in [-0.05, 0) is 39.2 Å². The molecule has 3 atom stereocenters. The molecular weight excluding hydrogens is 354 g/mol. The van der Waals surface area contributed by atoms with Gasteiger partial charge in [-0.15, -0.1) is 0 Å². The number of methoxy groups -OCH3 is 1. The van der Waals surface area contributed by atoms with Gasteiger partial charge in [0.05, 0.1) is 18.8 Å². The summed E-state index contributed by atoms with van der Waals surface area (Å²) in [5.74, 6) is 0.732. The van der Waals surface area contributed by atoms with Gasteiger partial charge in [-0.2, -0.15) is 0 Å². The zero-order valence-electron chi connectivity index (χ0n) is 17.6. The summed E-state index contributed by atoms with van der Waals surface area (Å²) in [6, 6.07) is 6.26. The average Bonchev–Trinajstić information content (AvgIpc) is 3.07. The summed E-state index contributed by atoms with van der Waals surface area (Å²) in [5.41, 5.74) is 0.105. The Morgan fingerprint density at radius 3 is 2.75 bits per heavy atom. The van der Waals surface area contributed by atoms with Gasteiger partial charge in [-0.25, -0.2) is 4.98 Å². The summed E-state index contributed by atoms with van der Waals surface area (Å²) >= 11 is 0. The normalized spacial score (nSPS) is 32.2. The number of likely N-dealkylation sites (tertiary alicyclic amines) is 1. The van der Waals surface area contributed by atoms with Crippen LogP contribution >= 0.6 is 0 Å². The van der Waals surface area contributed by atoms with Gasteiger partial charge >= 0.3 is 0 Å². The van der Waals surface area contributed by atoms with E-state index in [1.165, 1.54) is 0 Å². The van der Waals surface area contributed by atoms with Crippen molar-refractivity contribution in [2.24, 2.45) is 0 Å². The topological polar surface area (TPSA) is 47.1 Å². The summed E-state index contributed by atoms with van der Waals surface area (Å²) in [6.45, 7) is 10.6. The van der Waals surface area contributed by atoms with Crippen molar-refractivity contribution < 1.29 is 14.2 Å². The predicted octanol–water partition coefficient (Wildman–Crippen LogP) is 2.58. The van der Waals surface area contributed by atoms with Crippen molar-refractivity contribution in [3.8, 4) is 5.88 Å². The monoisotopic (exact) mass is 389 g/mol. The van der Waals surface area contributed by atoms with Gasteiger partial charge in [0.15, 0.2) is 0 Å². The quantitative estimate of drug-likeness (QED) is 0.745. The maximum Gasteiger partial charge on any atom is 0.213 e. The van der Waals surface area contributed by atoms with Crippen LogP contribution in [0.2, 0.25) is 0 Å². The minimum atomic E-state index is -0.0228. The van der Waals surface area contributed by atoms with Crippen molar-refractivity contribution in [3.63, 3.8) is 0 Å². The molecule has 0 amide bonds. The summed E-state index contributed by atoms with van der Waals surface area (Å²) < 4.78 is 17.9. The first kappa shape index (κ1) is 20.1. The zero-order chi connectivity index (χ0) is 19.6. The van der Waals surface area contributed by atoms with Crippen LogP contribution in [0.5, 0.6) is 5.88 Å². The fraction of sp³-hybridized carbons (Fsp3) is 0.773. The summed E-state index contributed by atoms with van der Waals surface area (Å²) in [4.78, 5) is 9.59. The van der Waals surface area contributed by atoms with Crippen molar-refractivity contribution in [1.82, 2.24) is 14.8 Å². The number of hydrogen-bond donors (Lipinski definition) is 0. The number of pyridine rings is 1. The third-order valence-corrected chi connectivity index (χ3v) is 7.03. The van der Waals surface area contributed by atoms with E-state index in [0.717, 1.165) is 71.0 Å². The highest BCUT2D eigenvalue weighted by Gasteiger charge is 2.52. The van der Waals surface area contributed by atoms with E-state index in [9.17, 15) is 0 Å². The molecule has 0 bridgehead atoms. The fourth-order valence-electron chi connectivity index (χ4n) is 5.41. The van der Waals surface area contributed by atoms with Crippen molar-refractivity contribution in [2.45, 2.75) is 62.8 Å². The molecule has 0 radical (unpaired) electrons. The first-order valence-electron chi connectivity index (χ1n) is 10.7. The molecule has 1 saturated carbocycles. The molecule has 3 aliphatic rings. The molecule has 3 fully saturated rings. The van der Waals surface area contributed by atoms with Gasteiger partial charge in [-0.1, -0.05) is 6.07 Å². The second-order valence-electron chi connectivity index (χ2n) is 9.10. The maximum atomic E-state index is 6.23. The molecule has 1 aliphatic carbocycles. The van der Waals surface area contributed by atoms with Crippen LogP contribution < -0.4 is 4.74 Å². The van der Waals surface area contributed by atoms with Crippen LogP contribution in [0.3, 0.4) is 0 Å². The highest BCUT2D eigenvalue weighted by Crippen LogP contribution is 2.44. The fourth-order valence-corrected chi connectivity index (χ4v) is 5.41. The minimum Gasteiger partial charge on any atom is -0.474 e. The van der Waals surface area contributed by atoms with Gasteiger partial charge in [0.1, 0.15) is 6.10 Å². The highest BCUT2D eigenvalue weighted by atomic mass is 16.5. The molecule has 28 heavy (non-hydrogen) atoms. The number of rotatable bonds is 6. The minimum absolute atomic E-state index is 0.0228. The molecule has 0 unspecified atom stereocenters. The van der Waals surface area contributed by atoms with Crippen LogP contribution in [0, 0.1) is 0 Å². The van der Waals surface area contributed by atoms with E-state index in [1.807, 2.05) is 25.3 Å². The van der Waals surface area contributed by atoms with Crippen LogP contribution in [0.25, 0.3) is 0 Å². The second-order valence-corrected chi connectivity index (χ2v) is 9.10. The molecule has 3 heterocycles. The third kappa shape index (κ3) is 4.06. The Morgan fingerprint density at radius 1 is 1.21 bits per heavy atom. The standard InChI is InChI=1S/C22H35N3O3/c1-21(2,25-12-14-27-15-13-25)17-24-11-9-22(26-3)8-7-18(16-19(22)24)28-20-6-4-5-10-23-20/h4-6,10,18-19H,7-9,11-17H2,1-3H3/t18-,19-,22+/m0/s1. The number of nitrogens with zero attached hydrogens (tertiary/aromatic N) is 3. The molecular formula is C22H35N3O3. The average molecular weight is 390 g/mol. The first-order valence-corrected chi connectivity index (χ1v) is 10.7. The Labute approximate surface area is 169 Å². The molecule has 2 saturated heterocycles. The lowest BCUT2D eigenvalue weighted by molar-refractivity contribution is -0.0910. The molecule has 1 aromatic rings. The summed E-state index contributed by atoms with van der Waals surface area (Å²) in [6.07, 6.45) is 6.20. The van der Waals surface area contributed by atoms with Crippen molar-refractivity contribution in [2.75, 3.05) is 46.5 Å². The molecule has 0 N–H and O–H groups in total. The lowest BCUT2D eigenvalue weighted by Gasteiger charge is -2.47. The van der Waals surface area contributed by atoms with Crippen LogP contribution in [0.1, 0.15) is 39.5 Å². The molecule has 6 heteroatoms. The summed E-state index contributed by atoms with van der Waals surface area (Å²) in [5, 5.41) is 0. The van der Waals surface area contributed by atoms with Gasteiger partial charge in [0.2, 0.25) is 5.88 Å². The first-order chi connectivity index (χ1) is 13.5. The number of morpholine rings is 1. The molecule has 2 aliphatic heterocycles. The Kier molecular flexibility index (Phi) is 5.93. The number of fused-ring (bicyclic) bond motifs is 1. The van der Waals surface area contributed by atoms with Gasteiger partial charge in [-0.3, -0.25) is 9.80 Å². The molecule has 0 spiro atoms. The van der Waals surface area contributed by atoms with E-state index in [1.54, 1.807) is 6.20 Å². The molecule has 156 valence electrons. The lowest BCUT2D eigenvalue weighted by Crippen LogP contribution is -2.59. The predicted molar refractivity (Wildman–Crippen MR) is 109 cm³/mol. The summed E-state index contributed by atoms with van der Waals surface area (Å²) in [7, 11) is 1.89. The van der Waals surface area contributed by atoms with Crippen molar-refractivity contribution >= 4 is 0 Å². The van der Waals surface area contributed by atoms with E-state index >= 15 is 0 Å². The van der Waals surface area contributed by atoms with E-state index in [-0.39, 0.29) is 17.2 Å². The number of aromatic nitrogens is 1. The number of hydrogen-bond acceptors (Lipinski definition) is 6. The Balaban J connectivity index is 1.45. The van der Waals surface area contributed by atoms with E-state index in [4.69, 9.17) is 14.2 Å². The second kappa shape index (κ2) is 8.27. The smallest absolute Gasteiger partial charge is 0.213 e. The molecule has 0 aromatic carbocycles. The maximum absolute atomic E-state index is 6.23. The molecule has 4 rings (SSSR count). The van der Waals surface area contributed by atoms with E-state index < -0.39 is 0 Å². The SMILES string of the molecule is CO[C@@]12CC[C@H](Oc3ccccn3)C[C@@H]1N(CC(C)(C)N1CCOCC1)CC2. The Bertz CT molecular complexity index is 635. The molecule has 6 nitrogen and oxygen atoms in total. The zero-order valence-corrected chi connectivity index (χ0v) is 17.6. The van der Waals surface area contributed by atoms with Crippen LogP contribution in [0.4, 0.5) is 0 Å². The van der Waals surface area contributed by atoms with Crippen molar-refractivity contribution in [3.05, 3.63) is 24.4 Å². The van der Waals surface area contributed by atoms with Crippen molar-refractivity contribution in [1.29, 1.82) is 0 Å². The van der Waals surface area contributed by atoms with E-state index in [0.29, 0.717) is 6.04 Å². The van der Waals surface area contributed by atoms with Gasteiger partial charge in [0.25, 0.3) is 0 Å². The van der Waals surface area contributed by atoms with Crippen LogP contribution in [-0.4, -0.2) is 84.6 Å². The van der Waals surface area contributed by atoms with Crippen LogP contribution in [0.15, 0.2) is 24.4 Å². The van der Waals surface area contributed by atoms with Gasteiger partial charge in [0, 0.05) is 63.6 Å². The Morgan fingerprint density at radius 2 is 2.04 bits per heavy atom. The van der Waals surface area contributed by atoms with E-state index in [2.05, 4.69) is 28.6 Å². The largest absolute Gasteiger partial charge is 0.474 e. The lowest BCUT2D eigenvalue weighted by atomic mass is 9.79. The Hall–Kier alpha value is -1.21.